The number of carbonyl (C=O) groups excluding carboxylic acids is 2. The lowest BCUT2D eigenvalue weighted by Gasteiger charge is -2.08. The van der Waals surface area contributed by atoms with Crippen LogP contribution in [0.2, 0.25) is 0 Å². The largest absolute Gasteiger partial charge is 0.487 e. The molecule has 28 heavy (non-hydrogen) atoms. The summed E-state index contributed by atoms with van der Waals surface area (Å²) in [6.07, 6.45) is 0. The van der Waals surface area contributed by atoms with Gasteiger partial charge in [-0.3, -0.25) is 4.79 Å². The highest BCUT2D eigenvalue weighted by Crippen LogP contribution is 2.17. The molecule has 3 rings (SSSR count). The lowest BCUT2D eigenvalue weighted by molar-refractivity contribution is -0.119. The molecule has 3 aromatic rings. The first kappa shape index (κ1) is 20.0. The van der Waals surface area contributed by atoms with Crippen LogP contribution in [-0.2, 0) is 16.1 Å². The minimum absolute atomic E-state index is 0.309. The topological polar surface area (TPSA) is 77.5 Å². The van der Waals surface area contributed by atoms with Crippen LogP contribution >= 0.6 is 27.3 Å². The van der Waals surface area contributed by atoms with Gasteiger partial charge in [0.05, 0.1) is 16.3 Å². The van der Waals surface area contributed by atoms with Gasteiger partial charge in [0.1, 0.15) is 12.4 Å². The zero-order valence-corrected chi connectivity index (χ0v) is 17.4. The van der Waals surface area contributed by atoms with Gasteiger partial charge in [0.25, 0.3) is 5.91 Å². The molecule has 0 unspecified atom stereocenters. The summed E-state index contributed by atoms with van der Waals surface area (Å²) in [5, 5.41) is 5.56. The number of halogens is 1. The van der Waals surface area contributed by atoms with Crippen LogP contribution < -0.4 is 10.1 Å². The normalized spacial score (nSPS) is 10.4. The number of ether oxygens (including phenoxy) is 2. The molecule has 0 aliphatic carbocycles. The Morgan fingerprint density at radius 1 is 1.18 bits per heavy atom. The zero-order chi connectivity index (χ0) is 19.9. The van der Waals surface area contributed by atoms with E-state index < -0.39 is 11.9 Å². The third-order valence-corrected chi connectivity index (χ3v) is 4.94. The summed E-state index contributed by atoms with van der Waals surface area (Å²) >= 11 is 4.88. The summed E-state index contributed by atoms with van der Waals surface area (Å²) in [6, 6.07) is 13.7. The lowest BCUT2D eigenvalue weighted by Crippen LogP contribution is -2.20. The monoisotopic (exact) mass is 460 g/mol. The number of anilines is 1. The molecule has 0 radical (unpaired) electrons. The summed E-state index contributed by atoms with van der Waals surface area (Å²) in [5.74, 6) is -0.484. The molecule has 8 heteroatoms. The van der Waals surface area contributed by atoms with E-state index in [1.807, 2.05) is 12.3 Å². The van der Waals surface area contributed by atoms with Crippen LogP contribution in [0.25, 0.3) is 0 Å². The maximum Gasteiger partial charge on any atom is 0.338 e. The van der Waals surface area contributed by atoms with E-state index in [9.17, 15) is 9.59 Å². The zero-order valence-electron chi connectivity index (χ0n) is 15.0. The summed E-state index contributed by atoms with van der Waals surface area (Å²) in [6.45, 7) is 1.87. The Labute approximate surface area is 174 Å². The number of benzene rings is 2. The molecule has 6 nitrogen and oxygen atoms in total. The number of hydrogen-bond acceptors (Lipinski definition) is 6. The van der Waals surface area contributed by atoms with E-state index in [0.29, 0.717) is 23.6 Å². The molecule has 1 N–H and O–H groups in total. The van der Waals surface area contributed by atoms with Gasteiger partial charge in [0.15, 0.2) is 6.61 Å². The van der Waals surface area contributed by atoms with Crippen molar-refractivity contribution in [2.75, 3.05) is 11.9 Å². The van der Waals surface area contributed by atoms with Crippen LogP contribution in [0, 0.1) is 6.92 Å². The van der Waals surface area contributed by atoms with Crippen LogP contribution in [-0.4, -0.2) is 23.5 Å². The minimum atomic E-state index is -0.596. The first-order valence-electron chi connectivity index (χ1n) is 8.36. The molecule has 1 heterocycles. The molecule has 0 aliphatic heterocycles. The van der Waals surface area contributed by atoms with Crippen molar-refractivity contribution < 1.29 is 19.1 Å². The van der Waals surface area contributed by atoms with Crippen molar-refractivity contribution in [3.05, 3.63) is 74.6 Å². The number of aromatic nitrogens is 1. The van der Waals surface area contributed by atoms with E-state index in [1.165, 1.54) is 0 Å². The highest BCUT2D eigenvalue weighted by molar-refractivity contribution is 9.10. The number of esters is 1. The second-order valence-electron chi connectivity index (χ2n) is 5.81. The van der Waals surface area contributed by atoms with Crippen molar-refractivity contribution in [1.29, 1.82) is 0 Å². The minimum Gasteiger partial charge on any atom is -0.487 e. The number of rotatable bonds is 7. The Balaban J connectivity index is 1.50. The van der Waals surface area contributed by atoms with E-state index >= 15 is 0 Å². The third-order valence-electron chi connectivity index (χ3n) is 3.59. The maximum atomic E-state index is 12.2. The van der Waals surface area contributed by atoms with Crippen molar-refractivity contribution in [2.24, 2.45) is 0 Å². The molecule has 0 saturated heterocycles. The van der Waals surface area contributed by atoms with Crippen molar-refractivity contribution >= 4 is 44.8 Å². The van der Waals surface area contributed by atoms with Crippen molar-refractivity contribution in [3.8, 4) is 5.75 Å². The van der Waals surface area contributed by atoms with E-state index in [2.05, 4.69) is 26.2 Å². The highest BCUT2D eigenvalue weighted by atomic mass is 79.9. The van der Waals surface area contributed by atoms with Crippen LogP contribution in [0.1, 0.15) is 21.1 Å². The van der Waals surface area contributed by atoms with Crippen LogP contribution in [0.15, 0.2) is 58.4 Å². The van der Waals surface area contributed by atoms with Crippen LogP contribution in [0.3, 0.4) is 0 Å². The van der Waals surface area contributed by atoms with Gasteiger partial charge >= 0.3 is 5.97 Å². The fourth-order valence-corrected chi connectivity index (χ4v) is 3.15. The van der Waals surface area contributed by atoms with Crippen molar-refractivity contribution in [1.82, 2.24) is 4.98 Å². The van der Waals surface area contributed by atoms with Gasteiger partial charge in [-0.1, -0.05) is 22.0 Å². The molecule has 144 valence electrons. The predicted molar refractivity (Wildman–Crippen MR) is 111 cm³/mol. The van der Waals surface area contributed by atoms with Gasteiger partial charge in [-0.05, 0) is 49.4 Å². The van der Waals surface area contributed by atoms with Crippen molar-refractivity contribution in [3.63, 3.8) is 0 Å². The summed E-state index contributed by atoms with van der Waals surface area (Å²) in [4.78, 5) is 28.5. The fraction of sp³-hybridized carbons (Fsp3) is 0.150. The predicted octanol–water partition coefficient (Wildman–Crippen LogP) is 4.59. The van der Waals surface area contributed by atoms with Gasteiger partial charge in [-0.2, -0.15) is 0 Å². The second-order valence-corrected chi connectivity index (χ2v) is 7.78. The number of aryl methyl sites for hydroxylation is 1. The van der Waals surface area contributed by atoms with Gasteiger partial charge in [-0.15, -0.1) is 11.3 Å². The molecule has 1 amide bonds. The lowest BCUT2D eigenvalue weighted by atomic mass is 10.2. The van der Waals surface area contributed by atoms with E-state index in [-0.39, 0.29) is 6.61 Å². The summed E-state index contributed by atoms with van der Waals surface area (Å²) in [5.41, 5.74) is 1.76. The average molecular weight is 461 g/mol. The Hall–Kier alpha value is -2.71. The average Bonchev–Trinajstić information content (AvgIpc) is 3.12. The first-order valence-corrected chi connectivity index (χ1v) is 10.0. The molecule has 1 aromatic heterocycles. The second kappa shape index (κ2) is 9.48. The highest BCUT2D eigenvalue weighted by Gasteiger charge is 2.12. The number of nitrogens with one attached hydrogen (secondary N) is 1. The Morgan fingerprint density at radius 3 is 2.68 bits per heavy atom. The van der Waals surface area contributed by atoms with E-state index in [4.69, 9.17) is 9.47 Å². The van der Waals surface area contributed by atoms with E-state index in [0.717, 1.165) is 15.2 Å². The maximum absolute atomic E-state index is 12.2. The molecule has 0 aliphatic rings. The first-order chi connectivity index (χ1) is 13.5. The van der Waals surface area contributed by atoms with Gasteiger partial charge < -0.3 is 14.8 Å². The van der Waals surface area contributed by atoms with Crippen molar-refractivity contribution in [2.45, 2.75) is 13.5 Å². The van der Waals surface area contributed by atoms with Gasteiger partial charge in [0, 0.05) is 15.5 Å². The molecular formula is C20H17BrN2O4S. The number of amides is 1. The summed E-state index contributed by atoms with van der Waals surface area (Å²) < 4.78 is 11.7. The number of thiazole rings is 1. The molecular weight excluding hydrogens is 444 g/mol. The van der Waals surface area contributed by atoms with Crippen LogP contribution in [0.4, 0.5) is 5.69 Å². The Kier molecular flexibility index (Phi) is 6.78. The quantitative estimate of drug-likeness (QED) is 0.521. The molecule has 0 fully saturated rings. The summed E-state index contributed by atoms with van der Waals surface area (Å²) in [7, 11) is 0. The van der Waals surface area contributed by atoms with Gasteiger partial charge in [-0.25, -0.2) is 9.78 Å². The SMILES string of the molecule is Cc1nc(COc2cccc(C(=O)OCC(=O)Nc3ccc(Br)cc3)c2)cs1. The molecule has 0 spiro atoms. The smallest absolute Gasteiger partial charge is 0.338 e. The van der Waals surface area contributed by atoms with E-state index in [1.54, 1.807) is 59.9 Å². The number of hydrogen-bond donors (Lipinski definition) is 1. The fourth-order valence-electron chi connectivity index (χ4n) is 2.29. The number of carbonyl (C=O) groups is 2. The number of nitrogens with zero attached hydrogens (tertiary/aromatic N) is 1. The Bertz CT molecular complexity index is 972. The Morgan fingerprint density at radius 2 is 1.96 bits per heavy atom. The molecule has 0 atom stereocenters. The third kappa shape index (κ3) is 5.90. The molecule has 0 bridgehead atoms. The standard InChI is InChI=1S/C20H17BrN2O4S/c1-13-22-17(12-28-13)10-26-18-4-2-3-14(9-18)20(25)27-11-19(24)23-16-7-5-15(21)6-8-16/h2-9,12H,10-11H2,1H3,(H,23,24). The van der Waals surface area contributed by atoms with Crippen LogP contribution in [0.5, 0.6) is 5.75 Å². The molecule has 0 saturated carbocycles. The van der Waals surface area contributed by atoms with Gasteiger partial charge in [0.2, 0.25) is 0 Å². The molecule has 2 aromatic carbocycles.